The predicted octanol–water partition coefficient (Wildman–Crippen LogP) is 1.53. The molecule has 0 N–H and O–H groups in total. The number of aromatic nitrogens is 3. The van der Waals surface area contributed by atoms with Crippen LogP contribution in [0.3, 0.4) is 0 Å². The van der Waals surface area contributed by atoms with Crippen LogP contribution in [0.2, 0.25) is 0 Å². The van der Waals surface area contributed by atoms with Gasteiger partial charge >= 0.3 is 0 Å². The van der Waals surface area contributed by atoms with Crippen LogP contribution in [0.5, 0.6) is 0 Å². The number of carbonyl (C=O) groups is 1. The van der Waals surface area contributed by atoms with Crippen molar-refractivity contribution in [2.75, 3.05) is 13.1 Å². The Morgan fingerprint density at radius 2 is 1.94 bits per heavy atom. The number of ketones is 1. The molecule has 0 saturated carbocycles. The monoisotopic (exact) mass is 252 g/mol. The van der Waals surface area contributed by atoms with Crippen molar-refractivity contribution >= 4 is 5.78 Å². The number of Topliss-reactive ketones (excluding diaryl/α,β-unsaturated/α-hetero) is 1. The summed E-state index contributed by atoms with van der Waals surface area (Å²) in [6.45, 7) is 12.6. The van der Waals surface area contributed by atoms with Crippen LogP contribution in [0, 0.1) is 0 Å². The Morgan fingerprint density at radius 3 is 2.44 bits per heavy atom. The number of likely N-dealkylation sites (N-methyl/N-ethyl adjacent to an activating group) is 1. The topological polar surface area (TPSA) is 51.0 Å². The van der Waals surface area contributed by atoms with Crippen molar-refractivity contribution in [1.29, 1.82) is 0 Å². The van der Waals surface area contributed by atoms with Gasteiger partial charge in [0.25, 0.3) is 0 Å². The summed E-state index contributed by atoms with van der Waals surface area (Å²) in [7, 11) is 0. The smallest absolute Gasteiger partial charge is 0.160 e. The van der Waals surface area contributed by atoms with Gasteiger partial charge in [0.1, 0.15) is 12.2 Å². The van der Waals surface area contributed by atoms with Crippen molar-refractivity contribution in [2.24, 2.45) is 0 Å². The van der Waals surface area contributed by atoms with Gasteiger partial charge in [-0.15, -0.1) is 0 Å². The molecule has 0 saturated heterocycles. The van der Waals surface area contributed by atoms with E-state index in [0.717, 1.165) is 25.5 Å². The molecule has 0 unspecified atom stereocenters. The second-order valence-corrected chi connectivity index (χ2v) is 4.82. The number of hydrogen-bond donors (Lipinski definition) is 0. The van der Waals surface area contributed by atoms with Gasteiger partial charge < -0.3 is 0 Å². The van der Waals surface area contributed by atoms with Crippen molar-refractivity contribution < 1.29 is 4.79 Å². The summed E-state index contributed by atoms with van der Waals surface area (Å²) >= 11 is 0. The Hall–Kier alpha value is -1.23. The molecular weight excluding hydrogens is 228 g/mol. The molecule has 18 heavy (non-hydrogen) atoms. The van der Waals surface area contributed by atoms with Gasteiger partial charge in [0.05, 0.1) is 12.0 Å². The zero-order valence-electron chi connectivity index (χ0n) is 12.1. The lowest BCUT2D eigenvalue weighted by molar-refractivity contribution is -0.128. The highest BCUT2D eigenvalue weighted by atomic mass is 16.1. The molecule has 0 spiro atoms. The first kappa shape index (κ1) is 14.8. The lowest BCUT2D eigenvalue weighted by Crippen LogP contribution is -2.50. The number of rotatable bonds is 7. The molecule has 5 nitrogen and oxygen atoms in total. The second-order valence-electron chi connectivity index (χ2n) is 4.82. The summed E-state index contributed by atoms with van der Waals surface area (Å²) in [5.41, 5.74) is -0.450. The fourth-order valence-corrected chi connectivity index (χ4v) is 2.24. The average molecular weight is 252 g/mol. The van der Waals surface area contributed by atoms with Gasteiger partial charge in [-0.1, -0.05) is 13.8 Å². The van der Waals surface area contributed by atoms with Crippen LogP contribution >= 0.6 is 0 Å². The van der Waals surface area contributed by atoms with Crippen molar-refractivity contribution in [1.82, 2.24) is 19.7 Å². The van der Waals surface area contributed by atoms with E-state index in [4.69, 9.17) is 0 Å². The van der Waals surface area contributed by atoms with Gasteiger partial charge in [-0.3, -0.25) is 9.69 Å². The summed E-state index contributed by atoms with van der Waals surface area (Å²) in [5, 5.41) is 4.09. The molecule has 0 bridgehead atoms. The molecule has 0 fully saturated rings. The summed E-state index contributed by atoms with van der Waals surface area (Å²) in [6.07, 6.45) is 1.86. The summed E-state index contributed by atoms with van der Waals surface area (Å²) in [6, 6.07) is 0. The standard InChI is InChI=1S/C13H24N4O/c1-6-16(7-2)13(4,5)11(18)9-12-14-10-15-17(12)8-3/h10H,6-9H2,1-5H3. The van der Waals surface area contributed by atoms with Crippen molar-refractivity contribution in [3.63, 3.8) is 0 Å². The molecule has 0 atom stereocenters. The van der Waals surface area contributed by atoms with Gasteiger partial charge in [-0.05, 0) is 33.9 Å². The molecule has 1 rings (SSSR count). The number of aryl methyl sites for hydroxylation is 1. The molecule has 0 aliphatic rings. The third-order valence-corrected chi connectivity index (χ3v) is 3.55. The molecule has 0 aliphatic heterocycles. The van der Waals surface area contributed by atoms with Gasteiger partial charge in [0.15, 0.2) is 5.78 Å². The SMILES string of the molecule is CCN(CC)C(C)(C)C(=O)Cc1ncnn1CC. The maximum Gasteiger partial charge on any atom is 0.160 e. The van der Waals surface area contributed by atoms with E-state index in [-0.39, 0.29) is 5.78 Å². The van der Waals surface area contributed by atoms with Crippen molar-refractivity contribution in [2.45, 2.75) is 53.1 Å². The van der Waals surface area contributed by atoms with Crippen molar-refractivity contribution in [3.8, 4) is 0 Å². The average Bonchev–Trinajstić information content (AvgIpc) is 2.77. The number of carbonyl (C=O) groups excluding carboxylic acids is 1. The Morgan fingerprint density at radius 1 is 1.33 bits per heavy atom. The fraction of sp³-hybridized carbons (Fsp3) is 0.769. The third-order valence-electron chi connectivity index (χ3n) is 3.55. The van der Waals surface area contributed by atoms with E-state index >= 15 is 0 Å². The Bertz CT molecular complexity index is 393. The van der Waals surface area contributed by atoms with Crippen LogP contribution in [-0.2, 0) is 17.8 Å². The van der Waals surface area contributed by atoms with Crippen LogP contribution in [0.25, 0.3) is 0 Å². The van der Waals surface area contributed by atoms with Gasteiger partial charge in [0, 0.05) is 6.54 Å². The quantitative estimate of drug-likeness (QED) is 0.738. The highest BCUT2D eigenvalue weighted by molar-refractivity contribution is 5.88. The first-order chi connectivity index (χ1) is 8.47. The maximum absolute atomic E-state index is 12.4. The normalized spacial score (nSPS) is 12.1. The number of nitrogens with zero attached hydrogens (tertiary/aromatic N) is 4. The zero-order valence-corrected chi connectivity index (χ0v) is 12.1. The second kappa shape index (κ2) is 6.09. The van der Waals surface area contributed by atoms with E-state index in [1.165, 1.54) is 6.33 Å². The van der Waals surface area contributed by atoms with Crippen LogP contribution < -0.4 is 0 Å². The summed E-state index contributed by atoms with van der Waals surface area (Å²) in [4.78, 5) is 18.8. The molecule has 0 radical (unpaired) electrons. The molecule has 1 aromatic heterocycles. The molecule has 102 valence electrons. The van der Waals surface area contributed by atoms with Crippen molar-refractivity contribution in [3.05, 3.63) is 12.2 Å². The third kappa shape index (κ3) is 2.96. The maximum atomic E-state index is 12.4. The van der Waals surface area contributed by atoms with E-state index in [9.17, 15) is 4.79 Å². The number of hydrogen-bond acceptors (Lipinski definition) is 4. The van der Waals surface area contributed by atoms with Crippen LogP contribution in [0.15, 0.2) is 6.33 Å². The summed E-state index contributed by atoms with van der Waals surface area (Å²) in [5.74, 6) is 0.941. The molecule has 5 heteroatoms. The fourth-order valence-electron chi connectivity index (χ4n) is 2.24. The van der Waals surface area contributed by atoms with E-state index in [1.807, 2.05) is 20.8 Å². The summed E-state index contributed by atoms with van der Waals surface area (Å²) < 4.78 is 1.77. The van der Waals surface area contributed by atoms with E-state index in [0.29, 0.717) is 6.42 Å². The van der Waals surface area contributed by atoms with Crippen LogP contribution in [0.1, 0.15) is 40.4 Å². The molecule has 1 aromatic rings. The largest absolute Gasteiger partial charge is 0.297 e. The van der Waals surface area contributed by atoms with Gasteiger partial charge in [-0.2, -0.15) is 5.10 Å². The van der Waals surface area contributed by atoms with Crippen LogP contribution in [0.4, 0.5) is 0 Å². The lowest BCUT2D eigenvalue weighted by atomic mass is 9.94. The first-order valence-electron chi connectivity index (χ1n) is 6.62. The highest BCUT2D eigenvalue weighted by Gasteiger charge is 2.33. The van der Waals surface area contributed by atoms with E-state index < -0.39 is 5.54 Å². The first-order valence-corrected chi connectivity index (χ1v) is 6.62. The minimum atomic E-state index is -0.450. The minimum absolute atomic E-state index is 0.189. The van der Waals surface area contributed by atoms with Gasteiger partial charge in [0.2, 0.25) is 0 Å². The molecular formula is C13H24N4O. The van der Waals surface area contributed by atoms with Crippen LogP contribution in [-0.4, -0.2) is 44.1 Å². The Balaban J connectivity index is 2.81. The van der Waals surface area contributed by atoms with E-state index in [2.05, 4.69) is 28.8 Å². The molecule has 0 aromatic carbocycles. The molecule has 1 heterocycles. The molecule has 0 amide bonds. The Kier molecular flexibility index (Phi) is 5.02. The molecule has 0 aliphatic carbocycles. The van der Waals surface area contributed by atoms with E-state index in [1.54, 1.807) is 4.68 Å². The zero-order chi connectivity index (χ0) is 13.8. The highest BCUT2D eigenvalue weighted by Crippen LogP contribution is 2.17. The lowest BCUT2D eigenvalue weighted by Gasteiger charge is -2.35. The predicted molar refractivity (Wildman–Crippen MR) is 71.4 cm³/mol. The Labute approximate surface area is 109 Å². The van der Waals surface area contributed by atoms with Gasteiger partial charge in [-0.25, -0.2) is 9.67 Å². The minimum Gasteiger partial charge on any atom is -0.297 e.